The first-order chi connectivity index (χ1) is 12.2. The molecule has 1 unspecified atom stereocenters. The summed E-state index contributed by atoms with van der Waals surface area (Å²) in [6.07, 6.45) is 0. The molecule has 0 saturated carbocycles. The molecule has 3 rings (SSSR count). The molecule has 1 aliphatic heterocycles. The van der Waals surface area contributed by atoms with E-state index in [4.69, 9.17) is 4.74 Å². The van der Waals surface area contributed by atoms with Gasteiger partial charge in [0.2, 0.25) is 5.91 Å². The molecule has 25 heavy (non-hydrogen) atoms. The molecule has 0 aliphatic carbocycles. The summed E-state index contributed by atoms with van der Waals surface area (Å²) in [7, 11) is 1.60. The van der Waals surface area contributed by atoms with Crippen molar-refractivity contribution in [3.05, 3.63) is 59.9 Å². The fraction of sp³-hybridized carbons (Fsp3) is 0.316. The molecular weight excluding hydrogens is 321 g/mol. The van der Waals surface area contributed by atoms with Gasteiger partial charge in [0.1, 0.15) is 17.6 Å². The molecule has 1 aliphatic rings. The van der Waals surface area contributed by atoms with Crippen LogP contribution < -0.4 is 15.4 Å². The molecule has 1 saturated heterocycles. The summed E-state index contributed by atoms with van der Waals surface area (Å²) in [5, 5.41) is 6.24. The van der Waals surface area contributed by atoms with Gasteiger partial charge in [0.05, 0.1) is 7.11 Å². The number of nitrogens with zero attached hydrogens (tertiary/aromatic N) is 1. The minimum Gasteiger partial charge on any atom is -0.497 e. The van der Waals surface area contributed by atoms with Crippen LogP contribution in [0, 0.1) is 5.82 Å². The lowest BCUT2D eigenvalue weighted by Gasteiger charge is -2.34. The van der Waals surface area contributed by atoms with E-state index in [-0.39, 0.29) is 11.7 Å². The van der Waals surface area contributed by atoms with Gasteiger partial charge < -0.3 is 15.4 Å². The van der Waals surface area contributed by atoms with Gasteiger partial charge >= 0.3 is 0 Å². The van der Waals surface area contributed by atoms with Crippen molar-refractivity contribution in [2.24, 2.45) is 0 Å². The molecule has 0 bridgehead atoms. The Kier molecular flexibility index (Phi) is 5.63. The molecule has 132 valence electrons. The molecule has 2 N–H and O–H groups in total. The second-order valence-corrected chi connectivity index (χ2v) is 5.96. The van der Waals surface area contributed by atoms with Crippen LogP contribution >= 0.6 is 0 Å². The number of anilines is 1. The van der Waals surface area contributed by atoms with Gasteiger partial charge in [-0.15, -0.1) is 0 Å². The minimum atomic E-state index is -0.454. The highest BCUT2D eigenvalue weighted by Gasteiger charge is 2.28. The second-order valence-electron chi connectivity index (χ2n) is 5.96. The van der Waals surface area contributed by atoms with Crippen molar-refractivity contribution >= 4 is 11.6 Å². The van der Waals surface area contributed by atoms with E-state index < -0.39 is 6.04 Å². The molecule has 1 heterocycles. The Morgan fingerprint density at radius 2 is 1.76 bits per heavy atom. The Hall–Kier alpha value is -2.44. The van der Waals surface area contributed by atoms with Crippen molar-refractivity contribution in [3.63, 3.8) is 0 Å². The van der Waals surface area contributed by atoms with Crippen molar-refractivity contribution < 1.29 is 13.9 Å². The summed E-state index contributed by atoms with van der Waals surface area (Å²) >= 11 is 0. The lowest BCUT2D eigenvalue weighted by Crippen LogP contribution is -2.48. The van der Waals surface area contributed by atoms with Crippen molar-refractivity contribution in [3.8, 4) is 5.75 Å². The van der Waals surface area contributed by atoms with E-state index in [0.29, 0.717) is 5.69 Å². The van der Waals surface area contributed by atoms with E-state index in [1.54, 1.807) is 43.5 Å². The number of hydrogen-bond acceptors (Lipinski definition) is 4. The standard InChI is InChI=1S/C19H22FN3O2/c1-25-17-8-6-16(7-9-17)22-19(24)18(23-12-10-21-11-13-23)14-2-4-15(20)5-3-14/h2-9,18,21H,10-13H2,1H3,(H,22,24). The van der Waals surface area contributed by atoms with Gasteiger partial charge in [-0.05, 0) is 42.0 Å². The first-order valence-corrected chi connectivity index (χ1v) is 8.32. The predicted octanol–water partition coefficient (Wildman–Crippen LogP) is 2.42. The molecule has 2 aromatic rings. The topological polar surface area (TPSA) is 53.6 Å². The van der Waals surface area contributed by atoms with Gasteiger partial charge in [0.15, 0.2) is 0 Å². The maximum absolute atomic E-state index is 13.3. The van der Waals surface area contributed by atoms with E-state index in [0.717, 1.165) is 37.5 Å². The average molecular weight is 343 g/mol. The Bertz CT molecular complexity index is 698. The zero-order valence-electron chi connectivity index (χ0n) is 14.2. The number of ether oxygens (including phenoxy) is 1. The largest absolute Gasteiger partial charge is 0.497 e. The Balaban J connectivity index is 1.81. The number of carbonyl (C=O) groups excluding carboxylic acids is 1. The monoisotopic (exact) mass is 343 g/mol. The lowest BCUT2D eigenvalue weighted by molar-refractivity contribution is -0.121. The fourth-order valence-corrected chi connectivity index (χ4v) is 3.00. The second kappa shape index (κ2) is 8.09. The molecule has 1 amide bonds. The van der Waals surface area contributed by atoms with Gasteiger partial charge in [-0.2, -0.15) is 0 Å². The smallest absolute Gasteiger partial charge is 0.246 e. The third kappa shape index (κ3) is 4.35. The number of hydrogen-bond donors (Lipinski definition) is 2. The van der Waals surface area contributed by atoms with Crippen LogP contribution in [0.15, 0.2) is 48.5 Å². The quantitative estimate of drug-likeness (QED) is 0.875. The van der Waals surface area contributed by atoms with Crippen molar-refractivity contribution in [1.82, 2.24) is 10.2 Å². The van der Waals surface area contributed by atoms with E-state index >= 15 is 0 Å². The number of carbonyl (C=O) groups is 1. The molecule has 5 nitrogen and oxygen atoms in total. The summed E-state index contributed by atoms with van der Waals surface area (Å²) < 4.78 is 18.4. The first-order valence-electron chi connectivity index (χ1n) is 8.32. The number of rotatable bonds is 5. The highest BCUT2D eigenvalue weighted by molar-refractivity contribution is 5.95. The molecule has 1 atom stereocenters. The van der Waals surface area contributed by atoms with Crippen molar-refractivity contribution in [2.45, 2.75) is 6.04 Å². The molecule has 0 spiro atoms. The molecule has 0 aromatic heterocycles. The molecule has 6 heteroatoms. The summed E-state index contributed by atoms with van der Waals surface area (Å²) in [4.78, 5) is 15.1. The maximum atomic E-state index is 13.3. The Morgan fingerprint density at radius 3 is 2.36 bits per heavy atom. The number of benzene rings is 2. The zero-order chi connectivity index (χ0) is 17.6. The van der Waals surface area contributed by atoms with E-state index in [2.05, 4.69) is 15.5 Å². The molecule has 1 fully saturated rings. The van der Waals surface area contributed by atoms with E-state index in [9.17, 15) is 9.18 Å². The Morgan fingerprint density at radius 1 is 1.12 bits per heavy atom. The molecular formula is C19H22FN3O2. The lowest BCUT2D eigenvalue weighted by atomic mass is 10.0. The van der Waals surface area contributed by atoms with Crippen molar-refractivity contribution in [1.29, 1.82) is 0 Å². The van der Waals surface area contributed by atoms with Crippen molar-refractivity contribution in [2.75, 3.05) is 38.6 Å². The van der Waals surface area contributed by atoms with Crippen LogP contribution in [-0.2, 0) is 4.79 Å². The first kappa shape index (κ1) is 17.4. The predicted molar refractivity (Wildman–Crippen MR) is 95.2 cm³/mol. The summed E-state index contributed by atoms with van der Waals surface area (Å²) in [6, 6.07) is 12.9. The highest BCUT2D eigenvalue weighted by Crippen LogP contribution is 2.24. The van der Waals surface area contributed by atoms with Crippen LogP contribution in [0.2, 0.25) is 0 Å². The fourth-order valence-electron chi connectivity index (χ4n) is 3.00. The van der Waals surface area contributed by atoms with Gasteiger partial charge in [-0.3, -0.25) is 9.69 Å². The number of halogens is 1. The van der Waals surface area contributed by atoms with Crippen LogP contribution in [0.1, 0.15) is 11.6 Å². The number of methoxy groups -OCH3 is 1. The summed E-state index contributed by atoms with van der Waals surface area (Å²) in [6.45, 7) is 3.18. The van der Waals surface area contributed by atoms with E-state index in [1.165, 1.54) is 12.1 Å². The third-order valence-electron chi connectivity index (χ3n) is 4.31. The van der Waals surface area contributed by atoms with Crippen LogP contribution in [0.25, 0.3) is 0 Å². The number of nitrogens with one attached hydrogen (secondary N) is 2. The van der Waals surface area contributed by atoms with Crippen LogP contribution in [0.5, 0.6) is 5.75 Å². The summed E-state index contributed by atoms with van der Waals surface area (Å²) in [5.41, 5.74) is 1.49. The van der Waals surface area contributed by atoms with Gasteiger partial charge in [-0.25, -0.2) is 4.39 Å². The minimum absolute atomic E-state index is 0.126. The molecule has 0 radical (unpaired) electrons. The normalized spacial score (nSPS) is 16.2. The molecule has 2 aromatic carbocycles. The average Bonchev–Trinajstić information content (AvgIpc) is 2.65. The Labute approximate surface area is 146 Å². The van der Waals surface area contributed by atoms with E-state index in [1.807, 2.05) is 0 Å². The van der Waals surface area contributed by atoms with Crippen LogP contribution in [-0.4, -0.2) is 44.1 Å². The number of amides is 1. The zero-order valence-corrected chi connectivity index (χ0v) is 14.2. The van der Waals surface area contributed by atoms with Crippen LogP contribution in [0.4, 0.5) is 10.1 Å². The van der Waals surface area contributed by atoms with Gasteiger partial charge in [0.25, 0.3) is 0 Å². The van der Waals surface area contributed by atoms with Gasteiger partial charge in [-0.1, -0.05) is 12.1 Å². The maximum Gasteiger partial charge on any atom is 0.246 e. The van der Waals surface area contributed by atoms with Gasteiger partial charge in [0, 0.05) is 31.9 Å². The highest BCUT2D eigenvalue weighted by atomic mass is 19.1. The SMILES string of the molecule is COc1ccc(NC(=O)C(c2ccc(F)cc2)N2CCNCC2)cc1. The summed E-state index contributed by atoms with van der Waals surface area (Å²) in [5.74, 6) is 0.298. The number of piperazine rings is 1. The third-order valence-corrected chi connectivity index (χ3v) is 4.31. The van der Waals surface area contributed by atoms with Crippen LogP contribution in [0.3, 0.4) is 0 Å².